The van der Waals surface area contributed by atoms with Crippen molar-refractivity contribution in [3.05, 3.63) is 83.4 Å². The highest BCUT2D eigenvalue weighted by Crippen LogP contribution is 2.27. The number of amides is 1. The number of aromatic nitrogens is 2. The standard InChI is InChI=1S/C29H27N5O2.C4H10N2.CH5N/c1-20-5-3-8-25(15-20)33-12-11-32(19-21(33)2)29(36)24-9-10-27-26(17-24)31-28(34(27)13-14-35)23-7-4-6-22(16-23)18-30;1-2-3-6-4-5;1-2/h3-10,14-17,21H,11-13,19H2,1-2H3;4H,2-3H2,1H3,(H2,5,6);2H2,1H3. The van der Waals surface area contributed by atoms with Gasteiger partial charge in [-0.1, -0.05) is 31.2 Å². The van der Waals surface area contributed by atoms with Crippen LogP contribution >= 0.6 is 0 Å². The molecule has 10 heteroatoms. The lowest BCUT2D eigenvalue weighted by molar-refractivity contribution is -0.108. The van der Waals surface area contributed by atoms with Crippen LogP contribution in [0.3, 0.4) is 0 Å². The van der Waals surface area contributed by atoms with Crippen LogP contribution in [0.5, 0.6) is 0 Å². The Morgan fingerprint density at radius 1 is 1.11 bits per heavy atom. The first-order valence-corrected chi connectivity index (χ1v) is 14.7. The minimum atomic E-state index is -0.0226. The third kappa shape index (κ3) is 8.08. The molecule has 0 saturated carbocycles. The van der Waals surface area contributed by atoms with Gasteiger partial charge in [-0.2, -0.15) is 5.26 Å². The zero-order valence-electron chi connectivity index (χ0n) is 26.0. The summed E-state index contributed by atoms with van der Waals surface area (Å²) in [6.45, 7) is 9.33. The largest absolute Gasteiger partial charge is 0.390 e. The number of rotatable bonds is 7. The monoisotopic (exact) mass is 594 g/mol. The molecule has 0 radical (unpaired) electrons. The number of piperazine rings is 1. The number of aldehydes is 1. The first-order chi connectivity index (χ1) is 21.4. The number of nitriles is 1. The van der Waals surface area contributed by atoms with Crippen LogP contribution in [0.15, 0.2) is 71.7 Å². The third-order valence-electron chi connectivity index (χ3n) is 7.21. The zero-order valence-corrected chi connectivity index (χ0v) is 26.0. The molecule has 4 N–H and O–H groups in total. The van der Waals surface area contributed by atoms with Crippen molar-refractivity contribution in [2.24, 2.45) is 16.5 Å². The van der Waals surface area contributed by atoms with Crippen molar-refractivity contribution in [1.29, 1.82) is 5.26 Å². The molecule has 0 spiro atoms. The molecule has 1 saturated heterocycles. The minimum absolute atomic E-state index is 0.0226. The van der Waals surface area contributed by atoms with Gasteiger partial charge in [0.15, 0.2) is 0 Å². The predicted molar refractivity (Wildman–Crippen MR) is 178 cm³/mol. The van der Waals surface area contributed by atoms with Crippen LogP contribution in [0.25, 0.3) is 22.4 Å². The number of carbonyl (C=O) groups is 2. The van der Waals surface area contributed by atoms with Crippen LogP contribution in [-0.2, 0) is 11.3 Å². The zero-order chi connectivity index (χ0) is 32.1. The summed E-state index contributed by atoms with van der Waals surface area (Å²) in [6, 6.07) is 23.4. The number of anilines is 1. The van der Waals surface area contributed by atoms with E-state index in [9.17, 15) is 14.9 Å². The number of aliphatic imine (C=N–C) groups is 1. The fraction of sp³-hybridized carbons (Fsp3) is 0.324. The van der Waals surface area contributed by atoms with Gasteiger partial charge < -0.3 is 30.6 Å². The van der Waals surface area contributed by atoms with Crippen molar-refractivity contribution in [3.8, 4) is 17.5 Å². The van der Waals surface area contributed by atoms with Crippen LogP contribution in [0.2, 0.25) is 0 Å². The Kier molecular flexibility index (Phi) is 12.6. The summed E-state index contributed by atoms with van der Waals surface area (Å²) < 4.78 is 1.82. The van der Waals surface area contributed by atoms with E-state index in [1.807, 2.05) is 21.6 Å². The number of imidazole rings is 1. The Morgan fingerprint density at radius 2 is 1.89 bits per heavy atom. The summed E-state index contributed by atoms with van der Waals surface area (Å²) in [6.07, 6.45) is 3.24. The van der Waals surface area contributed by atoms with Gasteiger partial charge in [-0.3, -0.25) is 9.79 Å². The Balaban J connectivity index is 0.000000593. The number of hydrogen-bond donors (Lipinski definition) is 2. The van der Waals surface area contributed by atoms with Crippen molar-refractivity contribution < 1.29 is 9.59 Å². The van der Waals surface area contributed by atoms with Gasteiger partial charge in [0.25, 0.3) is 5.91 Å². The van der Waals surface area contributed by atoms with Crippen LogP contribution in [0, 0.1) is 18.3 Å². The molecule has 1 aliphatic heterocycles. The van der Waals surface area contributed by atoms with Gasteiger partial charge >= 0.3 is 0 Å². The van der Waals surface area contributed by atoms with E-state index in [4.69, 9.17) is 10.7 Å². The van der Waals surface area contributed by atoms with E-state index < -0.39 is 0 Å². The van der Waals surface area contributed by atoms with Crippen LogP contribution in [0.4, 0.5) is 5.69 Å². The molecule has 1 aromatic heterocycles. The molecule has 230 valence electrons. The Morgan fingerprint density at radius 3 is 2.52 bits per heavy atom. The molecule has 1 unspecified atom stereocenters. The summed E-state index contributed by atoms with van der Waals surface area (Å²) in [5.41, 5.74) is 15.1. The van der Waals surface area contributed by atoms with E-state index in [-0.39, 0.29) is 18.5 Å². The number of fused-ring (bicyclic) bond motifs is 1. The molecule has 10 nitrogen and oxygen atoms in total. The van der Waals surface area contributed by atoms with Crippen molar-refractivity contribution in [2.75, 3.05) is 38.1 Å². The second-order valence-corrected chi connectivity index (χ2v) is 10.3. The molecule has 5 rings (SSSR count). The van der Waals surface area contributed by atoms with Crippen molar-refractivity contribution in [2.45, 2.75) is 39.8 Å². The maximum Gasteiger partial charge on any atom is 0.254 e. The molecule has 2 heterocycles. The predicted octanol–water partition coefficient (Wildman–Crippen LogP) is 4.39. The van der Waals surface area contributed by atoms with E-state index in [1.165, 1.54) is 24.6 Å². The quantitative estimate of drug-likeness (QED) is 0.183. The molecule has 44 heavy (non-hydrogen) atoms. The van der Waals surface area contributed by atoms with Gasteiger partial charge in [-0.05, 0) is 75.3 Å². The Bertz CT molecular complexity index is 1620. The first kappa shape index (κ1) is 33.5. The van der Waals surface area contributed by atoms with Gasteiger partial charge in [0.2, 0.25) is 0 Å². The Labute approximate surface area is 259 Å². The molecule has 0 bridgehead atoms. The summed E-state index contributed by atoms with van der Waals surface area (Å²) in [5, 5.41) is 9.28. The molecule has 1 atom stereocenters. The lowest BCUT2D eigenvalue weighted by Crippen LogP contribution is -2.53. The highest BCUT2D eigenvalue weighted by molar-refractivity contribution is 5.98. The fourth-order valence-electron chi connectivity index (χ4n) is 5.19. The minimum Gasteiger partial charge on any atom is -0.390 e. The van der Waals surface area contributed by atoms with Gasteiger partial charge in [-0.15, -0.1) is 0 Å². The smallest absolute Gasteiger partial charge is 0.254 e. The number of nitrogens with two attached hydrogens (primary N) is 2. The average Bonchev–Trinajstić information content (AvgIpc) is 3.42. The summed E-state index contributed by atoms with van der Waals surface area (Å²) in [4.78, 5) is 37.6. The molecule has 3 aromatic carbocycles. The molecule has 0 aliphatic carbocycles. The summed E-state index contributed by atoms with van der Waals surface area (Å²) >= 11 is 0. The first-order valence-electron chi connectivity index (χ1n) is 14.7. The second kappa shape index (κ2) is 16.6. The molecule has 1 amide bonds. The lowest BCUT2D eigenvalue weighted by atomic mass is 10.1. The third-order valence-corrected chi connectivity index (χ3v) is 7.21. The van der Waals surface area contributed by atoms with Crippen molar-refractivity contribution >= 4 is 35.3 Å². The molecule has 1 aliphatic rings. The summed E-state index contributed by atoms with van der Waals surface area (Å²) in [7, 11) is 1.50. The molecular weight excluding hydrogens is 552 g/mol. The fourth-order valence-corrected chi connectivity index (χ4v) is 5.19. The number of carbonyl (C=O) groups excluding carboxylic acids is 2. The van der Waals surface area contributed by atoms with Crippen molar-refractivity contribution in [1.82, 2.24) is 14.5 Å². The van der Waals surface area contributed by atoms with Crippen molar-refractivity contribution in [3.63, 3.8) is 0 Å². The van der Waals surface area contributed by atoms with Crippen LogP contribution in [-0.4, -0.2) is 72.3 Å². The number of nitrogens with zero attached hydrogens (tertiary/aromatic N) is 6. The van der Waals surface area contributed by atoms with E-state index in [1.54, 1.807) is 30.3 Å². The molecule has 1 fully saturated rings. The average molecular weight is 595 g/mol. The van der Waals surface area contributed by atoms with E-state index in [0.717, 1.165) is 36.9 Å². The lowest BCUT2D eigenvalue weighted by Gasteiger charge is -2.41. The topological polar surface area (TPSA) is 147 Å². The highest BCUT2D eigenvalue weighted by atomic mass is 16.2. The molecule has 4 aromatic rings. The van der Waals surface area contributed by atoms with Crippen LogP contribution < -0.4 is 16.4 Å². The highest BCUT2D eigenvalue weighted by Gasteiger charge is 2.28. The van der Waals surface area contributed by atoms with Gasteiger partial charge in [0, 0.05) is 49.0 Å². The maximum atomic E-state index is 13.4. The normalized spacial score (nSPS) is 14.3. The Hall–Kier alpha value is -5.01. The number of aryl methyl sites for hydroxylation is 1. The number of benzene rings is 3. The molecular formula is C34H42N8O2. The second-order valence-electron chi connectivity index (χ2n) is 10.3. The number of hydrogen-bond acceptors (Lipinski definition) is 7. The summed E-state index contributed by atoms with van der Waals surface area (Å²) in [5.74, 6) is 0.574. The van der Waals surface area contributed by atoms with Gasteiger partial charge in [0.1, 0.15) is 12.1 Å². The van der Waals surface area contributed by atoms with E-state index in [2.05, 4.69) is 66.7 Å². The van der Waals surface area contributed by atoms with E-state index in [0.29, 0.717) is 35.6 Å². The maximum absolute atomic E-state index is 13.4. The van der Waals surface area contributed by atoms with Gasteiger partial charge in [0.05, 0.1) is 35.5 Å². The SMILES string of the molecule is CCCN=CN.CN.Cc1cccc(N2CCN(C(=O)c3ccc4c(c3)nc(-c3cccc(C#N)c3)n4CC=O)CC2C)c1. The van der Waals surface area contributed by atoms with Gasteiger partial charge in [-0.25, -0.2) is 4.98 Å². The van der Waals surface area contributed by atoms with E-state index >= 15 is 0 Å². The van der Waals surface area contributed by atoms with Crippen LogP contribution in [0.1, 0.15) is 41.8 Å².